The van der Waals surface area contributed by atoms with Gasteiger partial charge in [0.15, 0.2) is 0 Å². The highest BCUT2D eigenvalue weighted by Crippen LogP contribution is 2.32. The molecule has 2 fully saturated rings. The van der Waals surface area contributed by atoms with E-state index in [1.807, 2.05) is 0 Å². The average molecular weight is 397 g/mol. The Kier molecular flexibility index (Phi) is 5.36. The molecule has 2 heterocycles. The van der Waals surface area contributed by atoms with Crippen molar-refractivity contribution < 1.29 is 27.6 Å². The first kappa shape index (κ1) is 20.2. The largest absolute Gasteiger partial charge is 0.416 e. The molecule has 2 atom stereocenters. The minimum Gasteiger partial charge on any atom is -0.368 e. The summed E-state index contributed by atoms with van der Waals surface area (Å²) in [7, 11) is 0. The van der Waals surface area contributed by atoms with Crippen LogP contribution in [-0.4, -0.2) is 59.7 Å². The average Bonchev–Trinajstić information content (AvgIpc) is 2.92. The molecule has 2 aliphatic rings. The predicted octanol–water partition coefficient (Wildman–Crippen LogP) is 2.14. The molecule has 152 valence electrons. The highest BCUT2D eigenvalue weighted by Gasteiger charge is 2.42. The molecule has 3 amide bonds. The fourth-order valence-electron chi connectivity index (χ4n) is 3.65. The van der Waals surface area contributed by atoms with Crippen LogP contribution in [0.15, 0.2) is 24.3 Å². The monoisotopic (exact) mass is 397 g/mol. The van der Waals surface area contributed by atoms with E-state index in [-0.39, 0.29) is 24.1 Å². The van der Waals surface area contributed by atoms with E-state index < -0.39 is 23.7 Å². The highest BCUT2D eigenvalue weighted by molar-refractivity contribution is 6.06. The summed E-state index contributed by atoms with van der Waals surface area (Å²) >= 11 is 0. The number of rotatable bonds is 3. The van der Waals surface area contributed by atoms with Crippen molar-refractivity contribution in [2.75, 3.05) is 31.1 Å². The maximum atomic E-state index is 12.9. The SMILES string of the molecule is CC1CC(=O)N(C(C)C(=O)N2CCN(c3cccc(C(F)(F)F)c3)CC2)C1=O. The molecule has 0 aromatic heterocycles. The first-order valence-electron chi connectivity index (χ1n) is 9.16. The molecule has 0 aliphatic carbocycles. The lowest BCUT2D eigenvalue weighted by Gasteiger charge is -2.38. The summed E-state index contributed by atoms with van der Waals surface area (Å²) in [6.45, 7) is 4.56. The van der Waals surface area contributed by atoms with Gasteiger partial charge in [-0.3, -0.25) is 19.3 Å². The van der Waals surface area contributed by atoms with E-state index in [9.17, 15) is 27.6 Å². The molecule has 28 heavy (non-hydrogen) atoms. The number of nitrogens with zero attached hydrogens (tertiary/aromatic N) is 3. The Morgan fingerprint density at radius 1 is 1.14 bits per heavy atom. The Balaban J connectivity index is 1.63. The molecule has 9 heteroatoms. The van der Waals surface area contributed by atoms with E-state index in [0.29, 0.717) is 31.9 Å². The summed E-state index contributed by atoms with van der Waals surface area (Å²) in [5, 5.41) is 0. The smallest absolute Gasteiger partial charge is 0.368 e. The Morgan fingerprint density at radius 3 is 2.32 bits per heavy atom. The maximum absolute atomic E-state index is 12.9. The summed E-state index contributed by atoms with van der Waals surface area (Å²) in [4.78, 5) is 41.2. The predicted molar refractivity (Wildman–Crippen MR) is 95.3 cm³/mol. The molecule has 0 radical (unpaired) electrons. The molecule has 0 spiro atoms. The Labute approximate surface area is 160 Å². The van der Waals surface area contributed by atoms with Crippen LogP contribution in [0.2, 0.25) is 0 Å². The van der Waals surface area contributed by atoms with Gasteiger partial charge in [-0.2, -0.15) is 13.2 Å². The molecule has 0 N–H and O–H groups in total. The first-order valence-corrected chi connectivity index (χ1v) is 9.16. The number of amides is 3. The lowest BCUT2D eigenvalue weighted by Crippen LogP contribution is -2.55. The van der Waals surface area contributed by atoms with Crippen LogP contribution in [0.1, 0.15) is 25.8 Å². The van der Waals surface area contributed by atoms with E-state index in [2.05, 4.69) is 0 Å². The fraction of sp³-hybridized carbons (Fsp3) is 0.526. The zero-order valence-electron chi connectivity index (χ0n) is 15.7. The van der Waals surface area contributed by atoms with Gasteiger partial charge in [0.05, 0.1) is 5.56 Å². The second-order valence-corrected chi connectivity index (χ2v) is 7.24. The van der Waals surface area contributed by atoms with Crippen LogP contribution in [0, 0.1) is 5.92 Å². The molecule has 0 saturated carbocycles. The number of likely N-dealkylation sites (tertiary alicyclic amines) is 1. The Morgan fingerprint density at radius 2 is 1.79 bits per heavy atom. The number of carbonyl (C=O) groups is 3. The van der Waals surface area contributed by atoms with Crippen molar-refractivity contribution in [2.24, 2.45) is 5.92 Å². The van der Waals surface area contributed by atoms with Gasteiger partial charge >= 0.3 is 6.18 Å². The van der Waals surface area contributed by atoms with Gasteiger partial charge in [-0.15, -0.1) is 0 Å². The molecule has 0 bridgehead atoms. The summed E-state index contributed by atoms with van der Waals surface area (Å²) in [6, 6.07) is 4.23. The molecule has 2 aliphatic heterocycles. The maximum Gasteiger partial charge on any atom is 0.416 e. The normalized spacial score (nSPS) is 22.0. The highest BCUT2D eigenvalue weighted by atomic mass is 19.4. The second kappa shape index (κ2) is 7.44. The van der Waals surface area contributed by atoms with Crippen molar-refractivity contribution in [1.29, 1.82) is 0 Å². The van der Waals surface area contributed by atoms with Crippen LogP contribution in [0.4, 0.5) is 18.9 Å². The zero-order valence-corrected chi connectivity index (χ0v) is 15.7. The number of hydrogen-bond acceptors (Lipinski definition) is 4. The number of alkyl halides is 3. The first-order chi connectivity index (χ1) is 13.1. The van der Waals surface area contributed by atoms with Crippen LogP contribution in [-0.2, 0) is 20.6 Å². The summed E-state index contributed by atoms with van der Waals surface area (Å²) < 4.78 is 38.7. The van der Waals surface area contributed by atoms with Crippen LogP contribution in [0.25, 0.3) is 0 Å². The van der Waals surface area contributed by atoms with Crippen molar-refractivity contribution in [3.63, 3.8) is 0 Å². The molecular weight excluding hydrogens is 375 g/mol. The minimum absolute atomic E-state index is 0.111. The van der Waals surface area contributed by atoms with Gasteiger partial charge in [-0.05, 0) is 25.1 Å². The Bertz CT molecular complexity index is 788. The van der Waals surface area contributed by atoms with Gasteiger partial charge < -0.3 is 9.80 Å². The Hall–Kier alpha value is -2.58. The summed E-state index contributed by atoms with van der Waals surface area (Å²) in [5.41, 5.74) is -0.258. The van der Waals surface area contributed by atoms with Crippen LogP contribution >= 0.6 is 0 Å². The fourth-order valence-corrected chi connectivity index (χ4v) is 3.65. The van der Waals surface area contributed by atoms with Crippen molar-refractivity contribution in [3.8, 4) is 0 Å². The number of carbonyl (C=O) groups excluding carboxylic acids is 3. The van der Waals surface area contributed by atoms with Gasteiger partial charge in [0.1, 0.15) is 6.04 Å². The van der Waals surface area contributed by atoms with E-state index in [4.69, 9.17) is 0 Å². The van der Waals surface area contributed by atoms with E-state index in [1.54, 1.807) is 22.8 Å². The number of piperazine rings is 1. The van der Waals surface area contributed by atoms with Crippen LogP contribution < -0.4 is 4.90 Å². The third kappa shape index (κ3) is 3.83. The third-order valence-electron chi connectivity index (χ3n) is 5.28. The van der Waals surface area contributed by atoms with Crippen LogP contribution in [0.3, 0.4) is 0 Å². The minimum atomic E-state index is -4.41. The molecule has 2 unspecified atom stereocenters. The lowest BCUT2D eigenvalue weighted by molar-refractivity contribution is -0.150. The standard InChI is InChI=1S/C19H22F3N3O3/c1-12-10-16(26)25(17(12)27)13(2)18(28)24-8-6-23(7-9-24)15-5-3-4-14(11-15)19(20,21)22/h3-5,11-13H,6-10H2,1-2H3. The van der Waals surface area contributed by atoms with Gasteiger partial charge in [0.25, 0.3) is 0 Å². The van der Waals surface area contributed by atoms with E-state index in [1.165, 1.54) is 13.0 Å². The molecule has 1 aromatic rings. The van der Waals surface area contributed by atoms with Gasteiger partial charge in [-0.25, -0.2) is 0 Å². The second-order valence-electron chi connectivity index (χ2n) is 7.24. The van der Waals surface area contributed by atoms with E-state index in [0.717, 1.165) is 17.0 Å². The molecular formula is C19H22F3N3O3. The van der Waals surface area contributed by atoms with Gasteiger partial charge in [-0.1, -0.05) is 13.0 Å². The summed E-state index contributed by atoms with van der Waals surface area (Å²) in [6.07, 6.45) is -4.30. The number of benzene rings is 1. The molecule has 1 aromatic carbocycles. The number of imide groups is 1. The van der Waals surface area contributed by atoms with Crippen molar-refractivity contribution in [1.82, 2.24) is 9.80 Å². The van der Waals surface area contributed by atoms with Crippen molar-refractivity contribution >= 4 is 23.4 Å². The zero-order chi connectivity index (χ0) is 20.6. The van der Waals surface area contributed by atoms with Crippen molar-refractivity contribution in [2.45, 2.75) is 32.5 Å². The topological polar surface area (TPSA) is 60.9 Å². The van der Waals surface area contributed by atoms with Gasteiger partial charge in [0.2, 0.25) is 17.7 Å². The number of hydrogen-bond donors (Lipinski definition) is 0. The van der Waals surface area contributed by atoms with Gasteiger partial charge in [0, 0.05) is 44.2 Å². The van der Waals surface area contributed by atoms with Crippen molar-refractivity contribution in [3.05, 3.63) is 29.8 Å². The lowest BCUT2D eigenvalue weighted by atomic mass is 10.1. The summed E-state index contributed by atoms with van der Waals surface area (Å²) in [5.74, 6) is -1.42. The van der Waals surface area contributed by atoms with E-state index >= 15 is 0 Å². The number of halogens is 3. The quantitative estimate of drug-likeness (QED) is 0.734. The van der Waals surface area contributed by atoms with Crippen LogP contribution in [0.5, 0.6) is 0 Å². The molecule has 2 saturated heterocycles. The molecule has 3 rings (SSSR count). The number of anilines is 1. The third-order valence-corrected chi connectivity index (χ3v) is 5.28. The molecule has 6 nitrogen and oxygen atoms in total.